The van der Waals surface area contributed by atoms with Gasteiger partial charge in [-0.1, -0.05) is 73.7 Å². The smallest absolute Gasteiger partial charge is 0.0646 e. The van der Waals surface area contributed by atoms with Crippen molar-refractivity contribution >= 4 is 5.57 Å². The molecule has 3 heteroatoms. The van der Waals surface area contributed by atoms with Crippen LogP contribution in [0.15, 0.2) is 66.7 Å². The van der Waals surface area contributed by atoms with Crippen LogP contribution in [0.1, 0.15) is 30.9 Å². The van der Waals surface area contributed by atoms with Crippen molar-refractivity contribution in [3.8, 4) is 0 Å². The highest BCUT2D eigenvalue weighted by Crippen LogP contribution is 2.34. The molecule has 27 heavy (non-hydrogen) atoms. The summed E-state index contributed by atoms with van der Waals surface area (Å²) in [5.74, 6) is 0. The molecule has 2 N–H and O–H groups in total. The van der Waals surface area contributed by atoms with E-state index < -0.39 is 11.5 Å². The molecule has 0 bridgehead atoms. The zero-order valence-electron chi connectivity index (χ0n) is 16.2. The highest BCUT2D eigenvalue weighted by Gasteiger charge is 2.42. The zero-order chi connectivity index (χ0) is 19.1. The highest BCUT2D eigenvalue weighted by atomic mass is 16.3. The Balaban J connectivity index is 1.78. The van der Waals surface area contributed by atoms with Gasteiger partial charge in [-0.2, -0.15) is 0 Å². The normalized spacial score (nSPS) is 24.1. The van der Waals surface area contributed by atoms with Crippen LogP contribution in [0.2, 0.25) is 0 Å². The Morgan fingerprint density at radius 3 is 2.41 bits per heavy atom. The van der Waals surface area contributed by atoms with Crippen LogP contribution >= 0.6 is 0 Å². The van der Waals surface area contributed by atoms with Crippen molar-refractivity contribution in [1.29, 1.82) is 0 Å². The lowest BCUT2D eigenvalue weighted by Gasteiger charge is -2.45. The molecule has 0 spiro atoms. The number of rotatable bonds is 7. The van der Waals surface area contributed by atoms with E-state index in [1.54, 1.807) is 0 Å². The summed E-state index contributed by atoms with van der Waals surface area (Å²) in [5, 5.41) is 21.0. The van der Waals surface area contributed by atoms with Gasteiger partial charge >= 0.3 is 0 Å². The third kappa shape index (κ3) is 4.86. The summed E-state index contributed by atoms with van der Waals surface area (Å²) >= 11 is 0. The van der Waals surface area contributed by atoms with Gasteiger partial charge in [-0.25, -0.2) is 0 Å². The van der Waals surface area contributed by atoms with Crippen molar-refractivity contribution in [1.82, 2.24) is 4.90 Å². The first-order valence-electron chi connectivity index (χ1n) is 9.96. The molecule has 0 saturated carbocycles. The molecule has 3 nitrogen and oxygen atoms in total. The summed E-state index contributed by atoms with van der Waals surface area (Å²) < 4.78 is 0. The third-order valence-corrected chi connectivity index (χ3v) is 5.67. The molecule has 1 saturated heterocycles. The number of likely N-dealkylation sites (tertiary alicyclic amines) is 1. The quantitative estimate of drug-likeness (QED) is 0.785. The second kappa shape index (κ2) is 9.32. The van der Waals surface area contributed by atoms with Gasteiger partial charge in [0.25, 0.3) is 0 Å². The van der Waals surface area contributed by atoms with Crippen LogP contribution in [-0.2, 0) is 6.42 Å². The molecule has 2 atom stereocenters. The van der Waals surface area contributed by atoms with Crippen LogP contribution in [0.25, 0.3) is 5.57 Å². The molecule has 2 aromatic carbocycles. The Bertz CT molecular complexity index is 729. The minimum atomic E-state index is -0.506. The lowest BCUT2D eigenvalue weighted by atomic mass is 9.73. The van der Waals surface area contributed by atoms with Crippen molar-refractivity contribution in [2.24, 2.45) is 5.41 Å². The molecule has 2 aromatic rings. The van der Waals surface area contributed by atoms with Crippen molar-refractivity contribution in [2.75, 3.05) is 26.2 Å². The molecule has 1 aliphatic heterocycles. The van der Waals surface area contributed by atoms with Crippen molar-refractivity contribution < 1.29 is 10.2 Å². The number of hydrogen-bond acceptors (Lipinski definition) is 3. The number of allylic oxidation sites excluding steroid dienone is 1. The molecule has 1 fully saturated rings. The van der Waals surface area contributed by atoms with Gasteiger partial charge in [-0.15, -0.1) is 0 Å². The summed E-state index contributed by atoms with van der Waals surface area (Å²) in [6.07, 6.45) is 4.20. The highest BCUT2D eigenvalue weighted by molar-refractivity contribution is 5.66. The molecule has 0 aliphatic carbocycles. The van der Waals surface area contributed by atoms with E-state index in [4.69, 9.17) is 0 Å². The SMILES string of the molecule is CCC=C(CN1CC[C@H](O)[C@](CO)(Cc2ccccc2)C1)c1ccccc1. The summed E-state index contributed by atoms with van der Waals surface area (Å²) in [4.78, 5) is 2.39. The predicted octanol–water partition coefficient (Wildman–Crippen LogP) is 3.77. The molecule has 3 rings (SSSR count). The van der Waals surface area contributed by atoms with E-state index in [0.717, 1.165) is 19.5 Å². The van der Waals surface area contributed by atoms with Gasteiger partial charge in [-0.3, -0.25) is 4.90 Å². The molecular weight excluding hydrogens is 334 g/mol. The fourth-order valence-electron chi connectivity index (χ4n) is 4.18. The number of piperidine rings is 1. The van der Waals surface area contributed by atoms with Crippen LogP contribution in [0.5, 0.6) is 0 Å². The van der Waals surface area contributed by atoms with E-state index in [9.17, 15) is 10.2 Å². The monoisotopic (exact) mass is 365 g/mol. The summed E-state index contributed by atoms with van der Waals surface area (Å²) in [6.45, 7) is 4.56. The van der Waals surface area contributed by atoms with Gasteiger partial charge < -0.3 is 10.2 Å². The summed E-state index contributed by atoms with van der Waals surface area (Å²) in [6, 6.07) is 20.7. The Morgan fingerprint density at radius 1 is 1.11 bits per heavy atom. The van der Waals surface area contributed by atoms with Crippen molar-refractivity contribution in [3.63, 3.8) is 0 Å². The second-order valence-corrected chi connectivity index (χ2v) is 7.70. The van der Waals surface area contributed by atoms with E-state index in [1.807, 2.05) is 24.3 Å². The lowest BCUT2D eigenvalue weighted by molar-refractivity contribution is -0.0718. The molecular formula is C24H31NO2. The third-order valence-electron chi connectivity index (χ3n) is 5.67. The maximum Gasteiger partial charge on any atom is 0.0646 e. The van der Waals surface area contributed by atoms with Crippen LogP contribution in [-0.4, -0.2) is 47.5 Å². The minimum absolute atomic E-state index is 0.00226. The number of nitrogens with zero attached hydrogens (tertiary/aromatic N) is 1. The number of hydrogen-bond donors (Lipinski definition) is 2. The molecule has 1 aliphatic rings. The molecule has 0 unspecified atom stereocenters. The van der Waals surface area contributed by atoms with Crippen LogP contribution < -0.4 is 0 Å². The first-order chi connectivity index (χ1) is 13.2. The standard InChI is InChI=1S/C24H31NO2/c1-2-9-22(21-12-7-4-8-13-21)17-25-15-14-23(27)24(18-25,19-26)16-20-10-5-3-6-11-20/h3-13,23,26-27H,2,14-19H2,1H3/t23-,24+/m0/s1. The second-order valence-electron chi connectivity index (χ2n) is 7.70. The molecule has 0 amide bonds. The van der Waals surface area contributed by atoms with E-state index in [2.05, 4.69) is 54.3 Å². The molecule has 1 heterocycles. The first kappa shape index (κ1) is 19.8. The number of benzene rings is 2. The van der Waals surface area contributed by atoms with Gasteiger partial charge in [0.2, 0.25) is 0 Å². The number of aliphatic hydroxyl groups is 2. The van der Waals surface area contributed by atoms with Gasteiger partial charge in [0.1, 0.15) is 0 Å². The van der Waals surface area contributed by atoms with Crippen molar-refractivity contribution in [3.05, 3.63) is 77.9 Å². The van der Waals surface area contributed by atoms with Gasteiger partial charge in [0.15, 0.2) is 0 Å². The van der Waals surface area contributed by atoms with Crippen LogP contribution in [0.3, 0.4) is 0 Å². The average molecular weight is 366 g/mol. The average Bonchev–Trinajstić information content (AvgIpc) is 2.71. The van der Waals surface area contributed by atoms with Gasteiger partial charge in [-0.05, 0) is 36.0 Å². The zero-order valence-corrected chi connectivity index (χ0v) is 16.2. The number of aliphatic hydroxyl groups excluding tert-OH is 2. The lowest BCUT2D eigenvalue weighted by Crippen LogP contribution is -2.55. The van der Waals surface area contributed by atoms with Crippen LogP contribution in [0, 0.1) is 5.41 Å². The molecule has 144 valence electrons. The minimum Gasteiger partial charge on any atom is -0.396 e. The summed E-state index contributed by atoms with van der Waals surface area (Å²) in [7, 11) is 0. The fraction of sp³-hybridized carbons (Fsp3) is 0.417. The molecule has 0 aromatic heterocycles. The predicted molar refractivity (Wildman–Crippen MR) is 111 cm³/mol. The topological polar surface area (TPSA) is 43.7 Å². The van der Waals surface area contributed by atoms with Crippen LogP contribution in [0.4, 0.5) is 0 Å². The maximum absolute atomic E-state index is 10.8. The van der Waals surface area contributed by atoms with Crippen molar-refractivity contribution in [2.45, 2.75) is 32.3 Å². The van der Waals surface area contributed by atoms with Gasteiger partial charge in [0, 0.05) is 25.0 Å². The van der Waals surface area contributed by atoms with E-state index in [0.29, 0.717) is 19.4 Å². The van der Waals surface area contributed by atoms with E-state index >= 15 is 0 Å². The van der Waals surface area contributed by atoms with E-state index in [1.165, 1.54) is 16.7 Å². The Kier molecular flexibility index (Phi) is 6.84. The Hall–Kier alpha value is -1.94. The summed E-state index contributed by atoms with van der Waals surface area (Å²) in [5.41, 5.74) is 3.23. The van der Waals surface area contributed by atoms with Gasteiger partial charge in [0.05, 0.1) is 12.7 Å². The maximum atomic E-state index is 10.8. The molecule has 0 radical (unpaired) electrons. The Labute approximate surface area is 163 Å². The Morgan fingerprint density at radius 2 is 1.78 bits per heavy atom. The largest absolute Gasteiger partial charge is 0.396 e. The first-order valence-corrected chi connectivity index (χ1v) is 9.96. The van der Waals surface area contributed by atoms with E-state index in [-0.39, 0.29) is 6.61 Å². The fourth-order valence-corrected chi connectivity index (χ4v) is 4.18.